The summed E-state index contributed by atoms with van der Waals surface area (Å²) in [5.41, 5.74) is 0. The molecular weight excluding hydrogens is 232 g/mol. The van der Waals surface area contributed by atoms with Gasteiger partial charge in [0.05, 0.1) is 5.92 Å². The normalized spacial score (nSPS) is 21.4. The fourth-order valence-electron chi connectivity index (χ4n) is 2.25. The van der Waals surface area contributed by atoms with Crippen LogP contribution >= 0.6 is 0 Å². The topological polar surface area (TPSA) is 69.6 Å². The number of carboxylic acids is 1. The summed E-state index contributed by atoms with van der Waals surface area (Å²) < 4.78 is 0. The standard InChI is InChI=1S/C13H24N2O3/c1-3-4-6-10(2)14-13(18)15-8-5-7-11(9-15)12(16)17/h10-11H,3-9H2,1-2H3,(H,14,18)(H,16,17)/t10?,11-/m0/s1. The summed E-state index contributed by atoms with van der Waals surface area (Å²) in [4.78, 5) is 24.5. The number of piperidine rings is 1. The Kier molecular flexibility index (Phi) is 5.95. The lowest BCUT2D eigenvalue weighted by Crippen LogP contribution is -2.49. The third-order valence-electron chi connectivity index (χ3n) is 3.42. The van der Waals surface area contributed by atoms with Crippen LogP contribution < -0.4 is 5.32 Å². The van der Waals surface area contributed by atoms with Crippen LogP contribution in [0, 0.1) is 5.92 Å². The molecule has 1 rings (SSSR count). The maximum absolute atomic E-state index is 12.0. The van der Waals surface area contributed by atoms with Gasteiger partial charge in [0, 0.05) is 19.1 Å². The van der Waals surface area contributed by atoms with E-state index < -0.39 is 11.9 Å². The predicted octanol–water partition coefficient (Wildman–Crippen LogP) is 2.07. The first-order valence-corrected chi connectivity index (χ1v) is 6.82. The summed E-state index contributed by atoms with van der Waals surface area (Å²) in [6, 6.07) is 0.0345. The number of nitrogens with one attached hydrogen (secondary N) is 1. The van der Waals surface area contributed by atoms with Crippen molar-refractivity contribution in [3.63, 3.8) is 0 Å². The fourth-order valence-corrected chi connectivity index (χ4v) is 2.25. The van der Waals surface area contributed by atoms with Crippen molar-refractivity contribution in [2.24, 2.45) is 5.92 Å². The molecule has 0 saturated carbocycles. The molecule has 1 aliphatic heterocycles. The zero-order valence-corrected chi connectivity index (χ0v) is 11.3. The number of amides is 2. The van der Waals surface area contributed by atoms with E-state index in [0.717, 1.165) is 25.7 Å². The van der Waals surface area contributed by atoms with Gasteiger partial charge in [-0.1, -0.05) is 19.8 Å². The molecule has 1 saturated heterocycles. The lowest BCUT2D eigenvalue weighted by molar-refractivity contribution is -0.143. The van der Waals surface area contributed by atoms with Crippen molar-refractivity contribution in [1.29, 1.82) is 0 Å². The second-order valence-electron chi connectivity index (χ2n) is 5.12. The van der Waals surface area contributed by atoms with Crippen LogP contribution in [0.25, 0.3) is 0 Å². The molecule has 18 heavy (non-hydrogen) atoms. The number of urea groups is 1. The van der Waals surface area contributed by atoms with Crippen molar-refractivity contribution in [3.8, 4) is 0 Å². The van der Waals surface area contributed by atoms with Gasteiger partial charge >= 0.3 is 12.0 Å². The molecule has 0 aromatic rings. The highest BCUT2D eigenvalue weighted by Gasteiger charge is 2.28. The number of carbonyl (C=O) groups excluding carboxylic acids is 1. The van der Waals surface area contributed by atoms with E-state index >= 15 is 0 Å². The van der Waals surface area contributed by atoms with Gasteiger partial charge in [-0.15, -0.1) is 0 Å². The van der Waals surface area contributed by atoms with Crippen LogP contribution in [-0.2, 0) is 4.79 Å². The van der Waals surface area contributed by atoms with Crippen molar-refractivity contribution in [3.05, 3.63) is 0 Å². The van der Waals surface area contributed by atoms with Gasteiger partial charge in [0.25, 0.3) is 0 Å². The van der Waals surface area contributed by atoms with Crippen LogP contribution in [0.1, 0.15) is 46.0 Å². The number of unbranched alkanes of at least 4 members (excludes halogenated alkanes) is 1. The van der Waals surface area contributed by atoms with Crippen LogP contribution in [0.3, 0.4) is 0 Å². The van der Waals surface area contributed by atoms with E-state index in [1.807, 2.05) is 6.92 Å². The Labute approximate surface area is 109 Å². The SMILES string of the molecule is CCCCC(C)NC(=O)N1CCC[C@H](C(=O)O)C1. The van der Waals surface area contributed by atoms with Gasteiger partial charge in [-0.2, -0.15) is 0 Å². The first kappa shape index (κ1) is 14.8. The second kappa shape index (κ2) is 7.24. The minimum Gasteiger partial charge on any atom is -0.481 e. The number of likely N-dealkylation sites (tertiary alicyclic amines) is 1. The number of carboxylic acid groups (broad SMARTS) is 1. The number of rotatable bonds is 5. The molecule has 0 aliphatic carbocycles. The van der Waals surface area contributed by atoms with E-state index in [1.165, 1.54) is 0 Å². The van der Waals surface area contributed by atoms with E-state index in [0.29, 0.717) is 19.5 Å². The highest BCUT2D eigenvalue weighted by atomic mass is 16.4. The molecule has 0 bridgehead atoms. The van der Waals surface area contributed by atoms with E-state index in [2.05, 4.69) is 12.2 Å². The van der Waals surface area contributed by atoms with Crippen molar-refractivity contribution in [2.75, 3.05) is 13.1 Å². The molecule has 1 unspecified atom stereocenters. The Hall–Kier alpha value is -1.26. The molecule has 1 aliphatic rings. The summed E-state index contributed by atoms with van der Waals surface area (Å²) in [5, 5.41) is 11.9. The average Bonchev–Trinajstić information content (AvgIpc) is 2.36. The molecule has 2 amide bonds. The average molecular weight is 256 g/mol. The summed E-state index contributed by atoms with van der Waals surface area (Å²) in [6.07, 6.45) is 4.63. The predicted molar refractivity (Wildman–Crippen MR) is 69.5 cm³/mol. The molecule has 1 fully saturated rings. The molecule has 1 heterocycles. The molecule has 0 aromatic heterocycles. The van der Waals surface area contributed by atoms with Gasteiger partial charge in [-0.3, -0.25) is 4.79 Å². The van der Waals surface area contributed by atoms with Gasteiger partial charge in [-0.05, 0) is 26.2 Å². The molecular formula is C13H24N2O3. The van der Waals surface area contributed by atoms with Gasteiger partial charge < -0.3 is 15.3 Å². The van der Waals surface area contributed by atoms with Gasteiger partial charge in [0.1, 0.15) is 0 Å². The number of nitrogens with zero attached hydrogens (tertiary/aromatic N) is 1. The smallest absolute Gasteiger partial charge is 0.317 e. The van der Waals surface area contributed by atoms with E-state index in [9.17, 15) is 9.59 Å². The van der Waals surface area contributed by atoms with Gasteiger partial charge in [-0.25, -0.2) is 4.79 Å². The highest BCUT2D eigenvalue weighted by Crippen LogP contribution is 2.16. The van der Waals surface area contributed by atoms with E-state index in [1.54, 1.807) is 4.90 Å². The lowest BCUT2D eigenvalue weighted by atomic mass is 9.99. The Morgan fingerprint density at radius 2 is 2.22 bits per heavy atom. The van der Waals surface area contributed by atoms with Crippen LogP contribution in [0.4, 0.5) is 4.79 Å². The summed E-state index contributed by atoms with van der Waals surface area (Å²) >= 11 is 0. The molecule has 5 nitrogen and oxygen atoms in total. The molecule has 2 N–H and O–H groups in total. The van der Waals surface area contributed by atoms with Crippen molar-refractivity contribution in [1.82, 2.24) is 10.2 Å². The Bertz CT molecular complexity index is 294. The fraction of sp³-hybridized carbons (Fsp3) is 0.846. The van der Waals surface area contributed by atoms with E-state index in [-0.39, 0.29) is 12.1 Å². The number of hydrogen-bond acceptors (Lipinski definition) is 2. The maximum atomic E-state index is 12.0. The first-order chi connectivity index (χ1) is 8.54. The second-order valence-corrected chi connectivity index (χ2v) is 5.12. The summed E-state index contributed by atoms with van der Waals surface area (Å²) in [5.74, 6) is -1.21. The van der Waals surface area contributed by atoms with Gasteiger partial charge in [0.15, 0.2) is 0 Å². The Morgan fingerprint density at radius 3 is 2.83 bits per heavy atom. The Balaban J connectivity index is 2.38. The number of hydrogen-bond donors (Lipinski definition) is 2. The molecule has 0 spiro atoms. The van der Waals surface area contributed by atoms with Crippen molar-refractivity contribution >= 4 is 12.0 Å². The van der Waals surface area contributed by atoms with Crippen LogP contribution in [0.2, 0.25) is 0 Å². The zero-order chi connectivity index (χ0) is 13.5. The monoisotopic (exact) mass is 256 g/mol. The van der Waals surface area contributed by atoms with E-state index in [4.69, 9.17) is 5.11 Å². The minimum absolute atomic E-state index is 0.121. The molecule has 104 valence electrons. The van der Waals surface area contributed by atoms with Crippen molar-refractivity contribution < 1.29 is 14.7 Å². The third-order valence-corrected chi connectivity index (χ3v) is 3.42. The largest absolute Gasteiger partial charge is 0.481 e. The highest BCUT2D eigenvalue weighted by molar-refractivity contribution is 5.76. The summed E-state index contributed by atoms with van der Waals surface area (Å²) in [7, 11) is 0. The van der Waals surface area contributed by atoms with Crippen LogP contribution in [0.5, 0.6) is 0 Å². The molecule has 5 heteroatoms. The van der Waals surface area contributed by atoms with Crippen LogP contribution in [0.15, 0.2) is 0 Å². The number of aliphatic carboxylic acids is 1. The molecule has 0 radical (unpaired) electrons. The maximum Gasteiger partial charge on any atom is 0.317 e. The van der Waals surface area contributed by atoms with Crippen molar-refractivity contribution in [2.45, 2.75) is 52.0 Å². The summed E-state index contributed by atoms with van der Waals surface area (Å²) in [6.45, 7) is 5.11. The molecule has 2 atom stereocenters. The third kappa shape index (κ3) is 4.55. The first-order valence-electron chi connectivity index (χ1n) is 6.82. The lowest BCUT2D eigenvalue weighted by Gasteiger charge is -2.31. The molecule has 0 aromatic carbocycles. The number of carbonyl (C=O) groups is 2. The van der Waals surface area contributed by atoms with Gasteiger partial charge in [0.2, 0.25) is 0 Å². The quantitative estimate of drug-likeness (QED) is 0.791. The minimum atomic E-state index is -0.800. The Morgan fingerprint density at radius 1 is 1.50 bits per heavy atom. The van der Waals surface area contributed by atoms with Crippen LogP contribution in [-0.4, -0.2) is 41.1 Å². The zero-order valence-electron chi connectivity index (χ0n) is 11.3.